The summed E-state index contributed by atoms with van der Waals surface area (Å²) in [6.45, 7) is 1.35. The maximum atomic E-state index is 12.0. The number of rotatable bonds is 4. The molecule has 1 aromatic rings. The van der Waals surface area contributed by atoms with Crippen molar-refractivity contribution in [3.05, 3.63) is 11.4 Å². The summed E-state index contributed by atoms with van der Waals surface area (Å²) in [6, 6.07) is 0. The molecule has 118 valence electrons. The van der Waals surface area contributed by atoms with Gasteiger partial charge in [-0.1, -0.05) is 0 Å². The van der Waals surface area contributed by atoms with E-state index in [1.807, 2.05) is 0 Å². The Hall–Kier alpha value is -1.46. The predicted octanol–water partition coefficient (Wildman–Crippen LogP) is -1.33. The molecule has 1 aromatic heterocycles. The number of aromatic nitrogens is 2. The summed E-state index contributed by atoms with van der Waals surface area (Å²) in [7, 11) is -7.28. The number of H-pyrrole nitrogens is 1. The molecule has 1 fully saturated rings. The van der Waals surface area contributed by atoms with Gasteiger partial charge in [-0.2, -0.15) is 5.10 Å². The van der Waals surface area contributed by atoms with Crippen LogP contribution in [-0.2, 0) is 19.9 Å². The fraction of sp³-hybridized carbons (Fsp3) is 0.600. The zero-order valence-corrected chi connectivity index (χ0v) is 12.9. The Morgan fingerprint density at radius 2 is 2.19 bits per heavy atom. The monoisotopic (exact) mass is 336 g/mol. The van der Waals surface area contributed by atoms with Gasteiger partial charge in [-0.25, -0.2) is 22.0 Å². The second kappa shape index (κ2) is 5.39. The van der Waals surface area contributed by atoms with Crippen LogP contribution in [0.2, 0.25) is 0 Å². The average molecular weight is 336 g/mol. The molecule has 0 aliphatic carbocycles. The van der Waals surface area contributed by atoms with Gasteiger partial charge in [-0.05, 0) is 19.8 Å². The topological polar surface area (TPSA) is 152 Å². The first-order valence-corrected chi connectivity index (χ1v) is 9.46. The number of sulfone groups is 1. The number of carbonyl (C=O) groups excluding carboxylic acids is 1. The SMILES string of the molecule is Cc1[nH]nc(C(=O)NCC2CCCS2(=O)=O)c1S(N)(=O)=O. The van der Waals surface area contributed by atoms with Crippen molar-refractivity contribution in [2.24, 2.45) is 5.14 Å². The summed E-state index contributed by atoms with van der Waals surface area (Å²) in [6.07, 6.45) is 1.04. The van der Waals surface area contributed by atoms with Crippen LogP contribution in [0.3, 0.4) is 0 Å². The van der Waals surface area contributed by atoms with Crippen LogP contribution in [0.5, 0.6) is 0 Å². The molecule has 0 radical (unpaired) electrons. The van der Waals surface area contributed by atoms with E-state index in [1.165, 1.54) is 6.92 Å². The fourth-order valence-electron chi connectivity index (χ4n) is 2.30. The maximum absolute atomic E-state index is 12.0. The summed E-state index contributed by atoms with van der Waals surface area (Å²) in [5.74, 6) is -0.664. The summed E-state index contributed by atoms with van der Waals surface area (Å²) in [5.41, 5.74) is -0.207. The number of hydrogen-bond acceptors (Lipinski definition) is 6. The standard InChI is InChI=1S/C10H16N4O5S2/c1-6-9(21(11,18)19)8(14-13-6)10(15)12-5-7-3-2-4-20(7,16)17/h7H,2-5H2,1H3,(H,12,15)(H,13,14)(H2,11,18,19). The van der Waals surface area contributed by atoms with Crippen LogP contribution >= 0.6 is 0 Å². The first-order chi connectivity index (χ1) is 9.63. The highest BCUT2D eigenvalue weighted by atomic mass is 32.2. The minimum Gasteiger partial charge on any atom is -0.349 e. The molecule has 0 spiro atoms. The van der Waals surface area contributed by atoms with Crippen LogP contribution in [-0.4, -0.2) is 50.5 Å². The maximum Gasteiger partial charge on any atom is 0.273 e. The molecular formula is C10H16N4O5S2. The number of sulfonamides is 1. The molecule has 1 atom stereocenters. The first kappa shape index (κ1) is 15.9. The van der Waals surface area contributed by atoms with Crippen molar-refractivity contribution in [2.45, 2.75) is 29.9 Å². The second-order valence-electron chi connectivity index (χ2n) is 4.91. The molecule has 0 aromatic carbocycles. The first-order valence-electron chi connectivity index (χ1n) is 6.20. The van der Waals surface area contributed by atoms with E-state index in [-0.39, 0.29) is 28.6 Å². The molecule has 1 saturated heterocycles. The highest BCUT2D eigenvalue weighted by Gasteiger charge is 2.32. The van der Waals surface area contributed by atoms with Gasteiger partial charge in [0.2, 0.25) is 10.0 Å². The zero-order chi connectivity index (χ0) is 15.8. The predicted molar refractivity (Wildman–Crippen MR) is 73.8 cm³/mol. The van der Waals surface area contributed by atoms with Crippen LogP contribution in [0.4, 0.5) is 0 Å². The van der Waals surface area contributed by atoms with Crippen molar-refractivity contribution >= 4 is 25.8 Å². The third kappa shape index (κ3) is 3.24. The number of nitrogens with zero attached hydrogens (tertiary/aromatic N) is 1. The van der Waals surface area contributed by atoms with Gasteiger partial charge in [0.15, 0.2) is 15.5 Å². The van der Waals surface area contributed by atoms with Crippen LogP contribution in [0.25, 0.3) is 0 Å². The molecule has 2 rings (SSSR count). The summed E-state index contributed by atoms with van der Waals surface area (Å²) < 4.78 is 46.2. The van der Waals surface area contributed by atoms with Gasteiger partial charge < -0.3 is 5.32 Å². The Kier molecular flexibility index (Phi) is 4.08. The van der Waals surface area contributed by atoms with E-state index < -0.39 is 31.0 Å². The van der Waals surface area contributed by atoms with Crippen molar-refractivity contribution in [2.75, 3.05) is 12.3 Å². The normalized spacial score (nSPS) is 21.3. The van der Waals surface area contributed by atoms with Gasteiger partial charge >= 0.3 is 0 Å². The molecule has 4 N–H and O–H groups in total. The number of aryl methyl sites for hydroxylation is 1. The molecule has 1 aliphatic rings. The molecule has 0 bridgehead atoms. The minimum absolute atomic E-state index is 0.0723. The molecule has 2 heterocycles. The lowest BCUT2D eigenvalue weighted by molar-refractivity contribution is 0.0945. The van der Waals surface area contributed by atoms with Gasteiger partial charge in [0, 0.05) is 6.54 Å². The van der Waals surface area contributed by atoms with E-state index >= 15 is 0 Å². The van der Waals surface area contributed by atoms with E-state index in [2.05, 4.69) is 15.5 Å². The molecule has 1 aliphatic heterocycles. The lowest BCUT2D eigenvalue weighted by atomic mass is 10.2. The number of amides is 1. The fourth-order valence-corrected chi connectivity index (χ4v) is 4.94. The molecule has 9 nitrogen and oxygen atoms in total. The van der Waals surface area contributed by atoms with E-state index in [1.54, 1.807) is 0 Å². The zero-order valence-electron chi connectivity index (χ0n) is 11.3. The largest absolute Gasteiger partial charge is 0.349 e. The van der Waals surface area contributed by atoms with Crippen LogP contribution in [0, 0.1) is 6.92 Å². The smallest absolute Gasteiger partial charge is 0.273 e. The van der Waals surface area contributed by atoms with Crippen molar-refractivity contribution < 1.29 is 21.6 Å². The number of nitrogens with one attached hydrogen (secondary N) is 2. The quantitative estimate of drug-likeness (QED) is 0.619. The Morgan fingerprint density at radius 1 is 1.52 bits per heavy atom. The van der Waals surface area contributed by atoms with E-state index in [0.29, 0.717) is 12.8 Å². The molecular weight excluding hydrogens is 320 g/mol. The molecule has 0 saturated carbocycles. The number of nitrogens with two attached hydrogens (primary N) is 1. The lowest BCUT2D eigenvalue weighted by Gasteiger charge is -2.10. The number of carbonyl (C=O) groups is 1. The Morgan fingerprint density at radius 3 is 2.71 bits per heavy atom. The van der Waals surface area contributed by atoms with Crippen molar-refractivity contribution in [1.82, 2.24) is 15.5 Å². The highest BCUT2D eigenvalue weighted by molar-refractivity contribution is 7.92. The summed E-state index contributed by atoms with van der Waals surface area (Å²) in [4.78, 5) is 11.6. The van der Waals surface area contributed by atoms with Gasteiger partial charge in [-0.3, -0.25) is 9.89 Å². The third-order valence-corrected chi connectivity index (χ3v) is 6.69. The molecule has 11 heteroatoms. The van der Waals surface area contributed by atoms with E-state index in [9.17, 15) is 21.6 Å². The Labute approximate surface area is 122 Å². The van der Waals surface area contributed by atoms with Gasteiger partial charge in [0.1, 0.15) is 4.90 Å². The van der Waals surface area contributed by atoms with Gasteiger partial charge in [0.25, 0.3) is 5.91 Å². The number of hydrogen-bond donors (Lipinski definition) is 3. The van der Waals surface area contributed by atoms with Crippen LogP contribution in [0.15, 0.2) is 4.90 Å². The molecule has 21 heavy (non-hydrogen) atoms. The minimum atomic E-state index is -4.10. The molecule has 1 unspecified atom stereocenters. The van der Waals surface area contributed by atoms with E-state index in [0.717, 1.165) is 0 Å². The molecule has 1 amide bonds. The van der Waals surface area contributed by atoms with Gasteiger partial charge in [-0.15, -0.1) is 0 Å². The lowest BCUT2D eigenvalue weighted by Crippen LogP contribution is -2.35. The summed E-state index contributed by atoms with van der Waals surface area (Å²) in [5, 5.41) is 12.8. The Bertz CT molecular complexity index is 765. The number of primary sulfonamides is 1. The number of aromatic amines is 1. The van der Waals surface area contributed by atoms with Gasteiger partial charge in [0.05, 0.1) is 16.7 Å². The average Bonchev–Trinajstić information content (AvgIpc) is 2.88. The van der Waals surface area contributed by atoms with Crippen molar-refractivity contribution in [3.8, 4) is 0 Å². The van der Waals surface area contributed by atoms with E-state index in [4.69, 9.17) is 5.14 Å². The van der Waals surface area contributed by atoms with Crippen molar-refractivity contribution in [3.63, 3.8) is 0 Å². The van der Waals surface area contributed by atoms with Crippen molar-refractivity contribution in [1.29, 1.82) is 0 Å². The third-order valence-electron chi connectivity index (χ3n) is 3.34. The Balaban J connectivity index is 2.16. The van der Waals surface area contributed by atoms with Crippen LogP contribution < -0.4 is 10.5 Å². The van der Waals surface area contributed by atoms with Crippen LogP contribution in [0.1, 0.15) is 29.0 Å². The summed E-state index contributed by atoms with van der Waals surface area (Å²) >= 11 is 0. The highest BCUT2D eigenvalue weighted by Crippen LogP contribution is 2.20. The second-order valence-corrected chi connectivity index (χ2v) is 8.81.